The van der Waals surface area contributed by atoms with E-state index in [-0.39, 0.29) is 17.4 Å². The van der Waals surface area contributed by atoms with Crippen molar-refractivity contribution in [3.8, 4) is 5.75 Å². The maximum atomic E-state index is 12.7. The van der Waals surface area contributed by atoms with Crippen LogP contribution in [0, 0.1) is 0 Å². The molecule has 0 saturated heterocycles. The first-order valence-corrected chi connectivity index (χ1v) is 10.1. The largest absolute Gasteiger partial charge is 0.496 e. The van der Waals surface area contributed by atoms with Crippen molar-refractivity contribution in [2.75, 3.05) is 13.7 Å². The van der Waals surface area contributed by atoms with Gasteiger partial charge in [0.25, 0.3) is 0 Å². The molecule has 5 rings (SSSR count). The molecule has 1 fully saturated rings. The Balaban J connectivity index is 1.82. The Hall–Kier alpha value is -2.17. The zero-order chi connectivity index (χ0) is 19.6. The number of aromatic amines is 1. The van der Waals surface area contributed by atoms with Gasteiger partial charge < -0.3 is 14.6 Å². The fourth-order valence-corrected chi connectivity index (χ4v) is 5.15. The molecule has 1 spiro atoms. The molecule has 2 aromatic carbocycles. The molecule has 0 bridgehead atoms. The first-order chi connectivity index (χ1) is 13.4. The minimum atomic E-state index is -0.269. The number of benzene rings is 2. The Morgan fingerprint density at radius 3 is 2.71 bits per heavy atom. The number of fused-ring (bicyclic) bond motifs is 4. The summed E-state index contributed by atoms with van der Waals surface area (Å²) in [7, 11) is 1.63. The van der Waals surface area contributed by atoms with Crippen LogP contribution in [0.4, 0.5) is 0 Å². The van der Waals surface area contributed by atoms with Gasteiger partial charge in [-0.1, -0.05) is 35.3 Å². The minimum Gasteiger partial charge on any atom is -0.496 e. The summed E-state index contributed by atoms with van der Waals surface area (Å²) in [6.45, 7) is 2.32. The van der Waals surface area contributed by atoms with Crippen LogP contribution in [0.2, 0.25) is 10.0 Å². The third-order valence-corrected chi connectivity index (χ3v) is 6.69. The van der Waals surface area contributed by atoms with E-state index < -0.39 is 0 Å². The average molecular weight is 415 g/mol. The van der Waals surface area contributed by atoms with E-state index in [0.29, 0.717) is 17.3 Å². The number of ether oxygens (including phenoxy) is 1. The van der Waals surface area contributed by atoms with E-state index in [2.05, 4.69) is 4.98 Å². The third-order valence-electron chi connectivity index (χ3n) is 6.14. The molecule has 1 unspecified atom stereocenters. The molecule has 3 aromatic rings. The fourth-order valence-electron chi connectivity index (χ4n) is 4.72. The highest BCUT2D eigenvalue weighted by Crippen LogP contribution is 2.59. The zero-order valence-electron chi connectivity index (χ0n) is 15.7. The summed E-state index contributed by atoms with van der Waals surface area (Å²) in [4.78, 5) is 18.2. The summed E-state index contributed by atoms with van der Waals surface area (Å²) in [5, 5.41) is 2.43. The molecule has 1 aliphatic heterocycles. The topological polar surface area (TPSA) is 45.3 Å². The third kappa shape index (κ3) is 2.48. The number of nitrogens with zero attached hydrogens (tertiary/aromatic N) is 1. The van der Waals surface area contributed by atoms with Gasteiger partial charge in [0.05, 0.1) is 12.1 Å². The number of H-pyrrole nitrogens is 1. The molecule has 2 heterocycles. The number of amides is 1. The van der Waals surface area contributed by atoms with E-state index in [1.807, 2.05) is 35.2 Å². The predicted molar refractivity (Wildman–Crippen MR) is 111 cm³/mol. The summed E-state index contributed by atoms with van der Waals surface area (Å²) < 4.78 is 5.63. The van der Waals surface area contributed by atoms with E-state index in [1.165, 1.54) is 5.56 Å². The number of aromatic nitrogens is 1. The van der Waals surface area contributed by atoms with Gasteiger partial charge in [0.1, 0.15) is 11.8 Å². The second-order valence-corrected chi connectivity index (χ2v) is 8.64. The highest BCUT2D eigenvalue weighted by atomic mass is 35.5. The van der Waals surface area contributed by atoms with Crippen LogP contribution in [0.3, 0.4) is 0 Å². The second kappa shape index (κ2) is 6.16. The summed E-state index contributed by atoms with van der Waals surface area (Å²) in [5.74, 6) is 0.717. The summed E-state index contributed by atoms with van der Waals surface area (Å²) in [5.41, 5.74) is 4.20. The molecule has 2 aliphatic rings. The molecule has 0 radical (unpaired) electrons. The fraction of sp³-hybridized carbons (Fsp3) is 0.318. The van der Waals surface area contributed by atoms with E-state index in [1.54, 1.807) is 20.1 Å². The minimum absolute atomic E-state index is 0.0135. The van der Waals surface area contributed by atoms with Gasteiger partial charge in [-0.15, -0.1) is 0 Å². The predicted octanol–water partition coefficient (Wildman–Crippen LogP) is 5.47. The molecular weight excluding hydrogens is 395 g/mol. The number of nitrogens with one attached hydrogen (secondary N) is 1. The van der Waals surface area contributed by atoms with Gasteiger partial charge >= 0.3 is 0 Å². The first-order valence-electron chi connectivity index (χ1n) is 9.36. The van der Waals surface area contributed by atoms with Gasteiger partial charge in [-0.25, -0.2) is 0 Å². The maximum Gasteiger partial charge on any atom is 0.220 e. The molecule has 1 N–H and O–H groups in total. The lowest BCUT2D eigenvalue weighted by Gasteiger charge is -2.40. The number of methoxy groups -OCH3 is 1. The number of carbonyl (C=O) groups is 1. The van der Waals surface area contributed by atoms with Crippen LogP contribution in [0.5, 0.6) is 5.75 Å². The molecule has 1 amide bonds. The molecular formula is C22H20Cl2N2O2. The lowest BCUT2D eigenvalue weighted by atomic mass is 9.83. The SMILES string of the molecule is COc1cc(Cl)ccc1C1c2[nH]c3cccc(Cl)c3c2C2(CC2)CN1C(C)=O. The number of halogens is 2. The number of carbonyl (C=O) groups excluding carboxylic acids is 1. The Bertz CT molecular complexity index is 1120. The van der Waals surface area contributed by atoms with E-state index in [0.717, 1.165) is 40.0 Å². The van der Waals surface area contributed by atoms with Crippen molar-refractivity contribution in [2.45, 2.75) is 31.2 Å². The smallest absolute Gasteiger partial charge is 0.220 e. The molecule has 1 atom stereocenters. The van der Waals surface area contributed by atoms with Crippen LogP contribution >= 0.6 is 23.2 Å². The van der Waals surface area contributed by atoms with Crippen LogP contribution in [-0.2, 0) is 10.2 Å². The van der Waals surface area contributed by atoms with E-state index >= 15 is 0 Å². The number of hydrogen-bond donors (Lipinski definition) is 1. The average Bonchev–Trinajstić information content (AvgIpc) is 3.31. The Labute approximate surface area is 173 Å². The van der Waals surface area contributed by atoms with Crippen molar-refractivity contribution >= 4 is 40.0 Å². The van der Waals surface area contributed by atoms with Crippen molar-refractivity contribution in [3.05, 3.63) is 63.3 Å². The Morgan fingerprint density at radius 2 is 2.04 bits per heavy atom. The van der Waals surface area contributed by atoms with Crippen molar-refractivity contribution in [1.82, 2.24) is 9.88 Å². The zero-order valence-corrected chi connectivity index (χ0v) is 17.2. The van der Waals surface area contributed by atoms with Crippen LogP contribution < -0.4 is 4.74 Å². The summed E-state index contributed by atoms with van der Waals surface area (Å²) >= 11 is 12.8. The molecule has 28 heavy (non-hydrogen) atoms. The van der Waals surface area contributed by atoms with Crippen LogP contribution in [0.15, 0.2) is 36.4 Å². The summed E-state index contributed by atoms with van der Waals surface area (Å²) in [6.07, 6.45) is 2.12. The van der Waals surface area contributed by atoms with Gasteiger partial charge in [-0.3, -0.25) is 4.79 Å². The lowest BCUT2D eigenvalue weighted by molar-refractivity contribution is -0.131. The highest BCUT2D eigenvalue weighted by Gasteiger charge is 2.54. The van der Waals surface area contributed by atoms with Crippen LogP contribution in [0.1, 0.15) is 42.6 Å². The van der Waals surface area contributed by atoms with Gasteiger partial charge in [0.15, 0.2) is 0 Å². The van der Waals surface area contributed by atoms with Crippen LogP contribution in [-0.4, -0.2) is 29.4 Å². The van der Waals surface area contributed by atoms with Crippen molar-refractivity contribution in [1.29, 1.82) is 0 Å². The standard InChI is InChI=1S/C22H20Cl2N2O2/c1-12(27)26-11-22(8-9-22)19-18-15(24)4-3-5-16(18)25-20(19)21(26)14-7-6-13(23)10-17(14)28-2/h3-7,10,21,25H,8-9,11H2,1-2H3. The van der Waals surface area contributed by atoms with Gasteiger partial charge in [-0.05, 0) is 42.7 Å². The lowest BCUT2D eigenvalue weighted by Crippen LogP contribution is -2.44. The molecule has 4 nitrogen and oxygen atoms in total. The normalized spacial score (nSPS) is 19.7. The van der Waals surface area contributed by atoms with E-state index in [9.17, 15) is 4.79 Å². The number of rotatable bonds is 2. The molecule has 1 saturated carbocycles. The molecule has 1 aliphatic carbocycles. The van der Waals surface area contributed by atoms with Gasteiger partial charge in [-0.2, -0.15) is 0 Å². The van der Waals surface area contributed by atoms with Crippen molar-refractivity contribution in [2.24, 2.45) is 0 Å². The summed E-state index contributed by atoms with van der Waals surface area (Å²) in [6, 6.07) is 11.2. The number of hydrogen-bond acceptors (Lipinski definition) is 2. The monoisotopic (exact) mass is 414 g/mol. The maximum absolute atomic E-state index is 12.7. The van der Waals surface area contributed by atoms with Crippen molar-refractivity contribution in [3.63, 3.8) is 0 Å². The van der Waals surface area contributed by atoms with Crippen molar-refractivity contribution < 1.29 is 9.53 Å². The Kier molecular flexibility index (Phi) is 3.94. The van der Waals surface area contributed by atoms with Gasteiger partial charge in [0.2, 0.25) is 5.91 Å². The second-order valence-electron chi connectivity index (χ2n) is 7.79. The van der Waals surface area contributed by atoms with Crippen LogP contribution in [0.25, 0.3) is 10.9 Å². The van der Waals surface area contributed by atoms with Gasteiger partial charge in [0, 0.05) is 46.1 Å². The quantitative estimate of drug-likeness (QED) is 0.604. The molecule has 1 aromatic heterocycles. The Morgan fingerprint density at radius 1 is 1.25 bits per heavy atom. The first kappa shape index (κ1) is 17.9. The van der Waals surface area contributed by atoms with E-state index in [4.69, 9.17) is 27.9 Å². The highest BCUT2D eigenvalue weighted by molar-refractivity contribution is 6.36. The molecule has 6 heteroatoms. The molecule has 144 valence electrons.